The van der Waals surface area contributed by atoms with Crippen molar-refractivity contribution in [2.45, 2.75) is 37.8 Å². The largest absolute Gasteiger partial charge is 0.363 e. The molecule has 11 heteroatoms. The Hall–Kier alpha value is -4.08. The minimum absolute atomic E-state index is 0.120. The number of aromatic nitrogens is 2. The first-order valence-electron chi connectivity index (χ1n) is 16.2. The van der Waals surface area contributed by atoms with Gasteiger partial charge < -0.3 is 9.26 Å². The minimum Gasteiger partial charge on any atom is -0.350 e. The third-order valence-electron chi connectivity index (χ3n) is 9.29. The van der Waals surface area contributed by atoms with Crippen molar-refractivity contribution in [1.29, 1.82) is 0 Å². The molecule has 1 aromatic heterocycles. The Balaban J connectivity index is 1.44. The molecule has 1 saturated heterocycles. The molecule has 0 aliphatic carbocycles. The number of hydrogen-bond donors (Lipinski definition) is 1. The number of nitrogens with zero attached hydrogens (tertiary/aromatic N) is 3. The molecule has 0 saturated carbocycles. The van der Waals surface area contributed by atoms with Crippen LogP contribution in [0.4, 0.5) is 0 Å². The van der Waals surface area contributed by atoms with E-state index in [9.17, 15) is 14.2 Å². The zero-order chi connectivity index (χ0) is 34.6. The molecule has 1 unspecified atom stereocenters. The van der Waals surface area contributed by atoms with Gasteiger partial charge in [-0.25, -0.2) is 9.46 Å². The molecule has 254 valence electrons. The van der Waals surface area contributed by atoms with Crippen molar-refractivity contribution >= 4 is 18.1 Å². The molecule has 4 atom stereocenters. The van der Waals surface area contributed by atoms with Crippen LogP contribution in [-0.2, 0) is 19.4 Å². The average molecular weight is 699 g/mol. The number of H-pyrrole nitrogens is 1. The van der Waals surface area contributed by atoms with Crippen molar-refractivity contribution in [3.8, 4) is 0 Å². The summed E-state index contributed by atoms with van der Waals surface area (Å²) < 4.78 is 29.5. The molecule has 0 bridgehead atoms. The van der Waals surface area contributed by atoms with Crippen LogP contribution in [0.25, 0.3) is 0 Å². The summed E-state index contributed by atoms with van der Waals surface area (Å²) >= 11 is 6.68. The van der Waals surface area contributed by atoms with Gasteiger partial charge in [0, 0.05) is 30.9 Å². The predicted molar refractivity (Wildman–Crippen MR) is 193 cm³/mol. The summed E-state index contributed by atoms with van der Waals surface area (Å²) in [5.41, 5.74) is 2.46. The number of rotatable bonds is 11. The molecule has 6 rings (SSSR count). The lowest BCUT2D eigenvalue weighted by Crippen LogP contribution is -2.58. The van der Waals surface area contributed by atoms with E-state index in [1.807, 2.05) is 91.9 Å². The van der Waals surface area contributed by atoms with Crippen molar-refractivity contribution in [3.05, 3.63) is 176 Å². The maximum absolute atomic E-state index is 13.9. The Bertz CT molecular complexity index is 1910. The molecule has 1 N–H and O–H groups in total. The molecule has 49 heavy (non-hydrogen) atoms. The number of aryl methyl sites for hydroxylation is 1. The van der Waals surface area contributed by atoms with Crippen LogP contribution in [0.1, 0.15) is 47.0 Å². The fourth-order valence-electron chi connectivity index (χ4n) is 6.64. The lowest BCUT2D eigenvalue weighted by molar-refractivity contribution is -0.148. The maximum Gasteiger partial charge on any atom is 0.363 e. The lowest BCUT2D eigenvalue weighted by Gasteiger charge is -2.50. The van der Waals surface area contributed by atoms with E-state index in [2.05, 4.69) is 46.3 Å². The van der Waals surface area contributed by atoms with Crippen LogP contribution >= 0.6 is 18.1 Å². The second-order valence-electron chi connectivity index (χ2n) is 12.3. The van der Waals surface area contributed by atoms with E-state index in [0.717, 1.165) is 22.3 Å². The summed E-state index contributed by atoms with van der Waals surface area (Å²) in [5.74, 6) is 0. The molecule has 1 aliphatic heterocycles. The van der Waals surface area contributed by atoms with Crippen LogP contribution in [0.5, 0.6) is 0 Å². The molecule has 2 heterocycles. The zero-order valence-electron chi connectivity index (χ0n) is 27.7. The zero-order valence-corrected chi connectivity index (χ0v) is 29.3. The van der Waals surface area contributed by atoms with Crippen LogP contribution < -0.4 is 11.2 Å². The quantitative estimate of drug-likeness (QED) is 0.116. The Labute approximate surface area is 291 Å². The molecule has 1 fully saturated rings. The van der Waals surface area contributed by atoms with Crippen LogP contribution in [-0.4, -0.2) is 52.0 Å². The van der Waals surface area contributed by atoms with E-state index in [4.69, 9.17) is 20.5 Å². The number of hydrogen-bond acceptors (Lipinski definition) is 6. The Morgan fingerprint density at radius 1 is 0.878 bits per heavy atom. The summed E-state index contributed by atoms with van der Waals surface area (Å²) in [4.78, 5) is 30.3. The van der Waals surface area contributed by atoms with Crippen LogP contribution in [0, 0.1) is 6.92 Å². The van der Waals surface area contributed by atoms with Gasteiger partial charge in [0.05, 0.1) is 18.2 Å². The van der Waals surface area contributed by atoms with Gasteiger partial charge in [0.2, 0.25) is 0 Å². The third kappa shape index (κ3) is 7.15. The lowest BCUT2D eigenvalue weighted by atomic mass is 9.75. The van der Waals surface area contributed by atoms with Gasteiger partial charge in [-0.1, -0.05) is 121 Å². The number of halogens is 1. The number of morpholine rings is 1. The van der Waals surface area contributed by atoms with Crippen LogP contribution in [0.15, 0.2) is 137 Å². The van der Waals surface area contributed by atoms with Gasteiger partial charge in [-0.3, -0.25) is 23.8 Å². The summed E-state index contributed by atoms with van der Waals surface area (Å²) in [6.07, 6.45) is 0.00189. The highest BCUT2D eigenvalue weighted by Crippen LogP contribution is 2.58. The van der Waals surface area contributed by atoms with Crippen molar-refractivity contribution in [2.24, 2.45) is 0 Å². The minimum atomic E-state index is -3.83. The van der Waals surface area contributed by atoms with E-state index in [0.29, 0.717) is 12.1 Å². The highest BCUT2D eigenvalue weighted by atomic mass is 35.7. The molecule has 1 aliphatic rings. The first kappa shape index (κ1) is 34.8. The molecular formula is C38H40ClN4O5P. The van der Waals surface area contributed by atoms with Gasteiger partial charge in [-0.15, -0.1) is 0 Å². The van der Waals surface area contributed by atoms with Gasteiger partial charge >= 0.3 is 12.6 Å². The van der Waals surface area contributed by atoms with E-state index < -0.39 is 36.0 Å². The smallest absolute Gasteiger partial charge is 0.350 e. The molecule has 4 aromatic carbocycles. The number of benzene rings is 4. The van der Waals surface area contributed by atoms with E-state index in [1.54, 1.807) is 18.6 Å². The summed E-state index contributed by atoms with van der Waals surface area (Å²) in [7, 11) is 1.68. The fraction of sp³-hybridized carbons (Fsp3) is 0.263. The monoisotopic (exact) mass is 698 g/mol. The summed E-state index contributed by atoms with van der Waals surface area (Å²) in [6, 6.07) is 40.0. The second kappa shape index (κ2) is 14.8. The normalized spacial score (nSPS) is 19.0. The first-order chi connectivity index (χ1) is 23.6. The summed E-state index contributed by atoms with van der Waals surface area (Å²) in [5, 5.41) is 0. The van der Waals surface area contributed by atoms with E-state index in [1.165, 1.54) is 10.8 Å². The van der Waals surface area contributed by atoms with Crippen molar-refractivity contribution in [2.75, 3.05) is 26.7 Å². The van der Waals surface area contributed by atoms with Gasteiger partial charge in [-0.05, 0) is 54.4 Å². The highest BCUT2D eigenvalue weighted by Gasteiger charge is 2.47. The summed E-state index contributed by atoms with van der Waals surface area (Å²) in [6.45, 7) is 0.214. The fourth-order valence-corrected chi connectivity index (χ4v) is 8.28. The van der Waals surface area contributed by atoms with Gasteiger partial charge in [0.1, 0.15) is 0 Å². The standard InChI is InChI=1S/C38H40ClN4O5P/c1-28-24-43(37(45)40-36(28)44)35-26-42(25-34(48-35)27-47-49(39,46)41(3)29(2)30-16-8-4-9-17-30)38(31-18-10-5-11-19-31,32-20-12-6-13-21-32)33-22-14-7-15-23-33/h4-24,29,34-35H,25-27H2,1-3H3,(H,40,44,45)/t29-,34+,35-,49?/m1/s1. The SMILES string of the molecule is Cc1cn([C@H]2CN(C(c3ccccc3)(c3ccccc3)c3ccccc3)C[C@@H](COP(=O)(Cl)N(C)[C@H](C)c3ccccc3)O2)c(=O)[nH]c1=O. The van der Waals surface area contributed by atoms with Gasteiger partial charge in [0.15, 0.2) is 6.23 Å². The number of aromatic amines is 1. The average Bonchev–Trinajstić information content (AvgIpc) is 3.13. The van der Waals surface area contributed by atoms with Crippen molar-refractivity contribution in [3.63, 3.8) is 0 Å². The van der Waals surface area contributed by atoms with Gasteiger partial charge in [-0.2, -0.15) is 0 Å². The predicted octanol–water partition coefficient (Wildman–Crippen LogP) is 7.09. The van der Waals surface area contributed by atoms with Crippen LogP contribution in [0.3, 0.4) is 0 Å². The van der Waals surface area contributed by atoms with E-state index >= 15 is 0 Å². The Morgan fingerprint density at radius 2 is 1.37 bits per heavy atom. The molecule has 5 aromatic rings. The first-order valence-corrected chi connectivity index (χ1v) is 18.7. The molecule has 0 radical (unpaired) electrons. The van der Waals surface area contributed by atoms with E-state index in [-0.39, 0.29) is 19.2 Å². The van der Waals surface area contributed by atoms with Crippen molar-refractivity contribution < 1.29 is 13.8 Å². The molecule has 0 spiro atoms. The molecule has 9 nitrogen and oxygen atoms in total. The second-order valence-corrected chi connectivity index (χ2v) is 15.4. The topological polar surface area (TPSA) is 96.9 Å². The number of ether oxygens (including phenoxy) is 1. The van der Waals surface area contributed by atoms with Gasteiger partial charge in [0.25, 0.3) is 5.56 Å². The molecular weight excluding hydrogens is 659 g/mol. The number of nitrogens with one attached hydrogen (secondary N) is 1. The maximum atomic E-state index is 13.9. The van der Waals surface area contributed by atoms with Crippen LogP contribution in [0.2, 0.25) is 0 Å². The molecule has 0 amide bonds. The highest BCUT2D eigenvalue weighted by molar-refractivity contribution is 7.83. The Kier molecular flexibility index (Phi) is 10.5. The third-order valence-corrected chi connectivity index (χ3v) is 11.9. The van der Waals surface area contributed by atoms with Crippen molar-refractivity contribution in [1.82, 2.24) is 19.1 Å². The Morgan fingerprint density at radius 3 is 1.88 bits per heavy atom.